The fraction of sp³-hybridized carbons (Fsp3) is 0.143. The number of amides is 1. The molecule has 1 aromatic heterocycles. The van der Waals surface area contributed by atoms with Crippen LogP contribution in [-0.4, -0.2) is 16.9 Å². The van der Waals surface area contributed by atoms with E-state index in [-0.39, 0.29) is 11.6 Å². The standard InChI is InChI=1S/C21H17BrFN3O/c22-14-9-17(20(24)25-11-14)13-6-7-15(18(23)8-13)21(27)26-19-10-16(19)12-4-2-1-3-5-12/h1-9,11,16,19H,10H2,(H2,24,25)(H,26,27). The maximum atomic E-state index is 14.6. The van der Waals surface area contributed by atoms with E-state index in [9.17, 15) is 9.18 Å². The average molecular weight is 426 g/mol. The molecular formula is C21H17BrFN3O. The summed E-state index contributed by atoms with van der Waals surface area (Å²) < 4.78 is 15.3. The summed E-state index contributed by atoms with van der Waals surface area (Å²) >= 11 is 3.33. The summed E-state index contributed by atoms with van der Waals surface area (Å²) in [5, 5.41) is 2.92. The Labute approximate surface area is 164 Å². The Morgan fingerprint density at radius 2 is 1.96 bits per heavy atom. The lowest BCUT2D eigenvalue weighted by molar-refractivity contribution is 0.0946. The third-order valence-electron chi connectivity index (χ3n) is 4.74. The van der Waals surface area contributed by atoms with Gasteiger partial charge < -0.3 is 11.1 Å². The zero-order valence-corrected chi connectivity index (χ0v) is 15.9. The van der Waals surface area contributed by atoms with Crippen LogP contribution >= 0.6 is 15.9 Å². The summed E-state index contributed by atoms with van der Waals surface area (Å²) in [6.07, 6.45) is 2.45. The van der Waals surface area contributed by atoms with E-state index < -0.39 is 11.7 Å². The number of carbonyl (C=O) groups is 1. The molecule has 0 aliphatic heterocycles. The molecule has 1 amide bonds. The average Bonchev–Trinajstić information content (AvgIpc) is 3.43. The fourth-order valence-electron chi connectivity index (χ4n) is 3.22. The maximum Gasteiger partial charge on any atom is 0.254 e. The SMILES string of the molecule is Nc1ncc(Br)cc1-c1ccc(C(=O)NC2CC2c2ccccc2)c(F)c1. The van der Waals surface area contributed by atoms with Crippen LogP contribution in [0.5, 0.6) is 0 Å². The number of nitrogens with two attached hydrogens (primary N) is 1. The zero-order chi connectivity index (χ0) is 19.0. The molecule has 0 radical (unpaired) electrons. The number of halogens is 2. The van der Waals surface area contributed by atoms with Crippen LogP contribution in [0.2, 0.25) is 0 Å². The van der Waals surface area contributed by atoms with Crippen molar-refractivity contribution in [1.29, 1.82) is 0 Å². The van der Waals surface area contributed by atoms with Crippen LogP contribution in [0.25, 0.3) is 11.1 Å². The van der Waals surface area contributed by atoms with Crippen molar-refractivity contribution in [2.45, 2.75) is 18.4 Å². The van der Waals surface area contributed by atoms with Gasteiger partial charge in [-0.25, -0.2) is 9.37 Å². The van der Waals surface area contributed by atoms with Gasteiger partial charge in [-0.2, -0.15) is 0 Å². The van der Waals surface area contributed by atoms with Gasteiger partial charge in [-0.15, -0.1) is 0 Å². The molecule has 3 N–H and O–H groups in total. The second kappa shape index (κ2) is 7.12. The number of nitrogen functional groups attached to an aromatic ring is 1. The number of pyridine rings is 1. The first-order valence-corrected chi connectivity index (χ1v) is 9.39. The van der Waals surface area contributed by atoms with Crippen molar-refractivity contribution in [1.82, 2.24) is 10.3 Å². The first kappa shape index (κ1) is 17.7. The topological polar surface area (TPSA) is 68.0 Å². The highest BCUT2D eigenvalue weighted by atomic mass is 79.9. The number of rotatable bonds is 4. The van der Waals surface area contributed by atoms with Gasteiger partial charge in [-0.05, 0) is 51.7 Å². The minimum Gasteiger partial charge on any atom is -0.383 e. The van der Waals surface area contributed by atoms with Crippen LogP contribution in [0.15, 0.2) is 65.3 Å². The number of benzene rings is 2. The molecule has 1 aliphatic rings. The molecule has 3 aromatic rings. The summed E-state index contributed by atoms with van der Waals surface area (Å²) in [6.45, 7) is 0. The van der Waals surface area contributed by atoms with Gasteiger partial charge in [0.05, 0.1) is 5.56 Å². The second-order valence-corrected chi connectivity index (χ2v) is 7.53. The lowest BCUT2D eigenvalue weighted by atomic mass is 10.0. The normalized spacial score (nSPS) is 18.1. The Kier molecular flexibility index (Phi) is 4.66. The molecule has 1 saturated carbocycles. The number of aromatic nitrogens is 1. The van der Waals surface area contributed by atoms with Crippen LogP contribution in [0, 0.1) is 5.82 Å². The summed E-state index contributed by atoms with van der Waals surface area (Å²) in [4.78, 5) is 16.5. The Morgan fingerprint density at radius 1 is 1.19 bits per heavy atom. The fourth-order valence-corrected chi connectivity index (χ4v) is 3.55. The van der Waals surface area contributed by atoms with E-state index in [0.29, 0.717) is 22.9 Å². The van der Waals surface area contributed by atoms with E-state index >= 15 is 0 Å². The highest BCUT2D eigenvalue weighted by Crippen LogP contribution is 2.40. The molecule has 4 nitrogen and oxygen atoms in total. The van der Waals surface area contributed by atoms with E-state index in [1.807, 2.05) is 30.3 Å². The number of anilines is 1. The maximum absolute atomic E-state index is 14.6. The van der Waals surface area contributed by atoms with E-state index in [2.05, 4.69) is 26.2 Å². The molecule has 2 atom stereocenters. The lowest BCUT2D eigenvalue weighted by Crippen LogP contribution is -2.27. The molecule has 0 spiro atoms. The molecule has 1 heterocycles. The van der Waals surface area contributed by atoms with E-state index in [1.165, 1.54) is 17.7 Å². The van der Waals surface area contributed by atoms with Crippen LogP contribution < -0.4 is 11.1 Å². The third kappa shape index (κ3) is 3.71. The molecule has 136 valence electrons. The first-order chi connectivity index (χ1) is 13.0. The molecule has 1 aliphatic carbocycles. The Bertz CT molecular complexity index is 1010. The summed E-state index contributed by atoms with van der Waals surface area (Å²) in [6, 6.07) is 16.3. The van der Waals surface area contributed by atoms with E-state index in [0.717, 1.165) is 10.9 Å². The van der Waals surface area contributed by atoms with Crippen molar-refractivity contribution in [2.75, 3.05) is 5.73 Å². The quantitative estimate of drug-likeness (QED) is 0.645. The number of hydrogen-bond acceptors (Lipinski definition) is 3. The molecule has 1 fully saturated rings. The van der Waals surface area contributed by atoms with Gasteiger partial charge in [0.15, 0.2) is 0 Å². The van der Waals surface area contributed by atoms with Crippen molar-refractivity contribution in [2.24, 2.45) is 0 Å². The third-order valence-corrected chi connectivity index (χ3v) is 5.18. The second-order valence-electron chi connectivity index (χ2n) is 6.61. The Morgan fingerprint density at radius 3 is 2.70 bits per heavy atom. The number of carbonyl (C=O) groups excluding carboxylic acids is 1. The van der Waals surface area contributed by atoms with Crippen LogP contribution in [0.4, 0.5) is 10.2 Å². The van der Waals surface area contributed by atoms with Crippen molar-refractivity contribution >= 4 is 27.7 Å². The predicted molar refractivity (Wildman–Crippen MR) is 107 cm³/mol. The molecule has 6 heteroatoms. The van der Waals surface area contributed by atoms with Gasteiger partial charge in [-0.3, -0.25) is 4.79 Å². The van der Waals surface area contributed by atoms with Crippen LogP contribution in [0.1, 0.15) is 28.3 Å². The highest BCUT2D eigenvalue weighted by Gasteiger charge is 2.39. The lowest BCUT2D eigenvalue weighted by Gasteiger charge is -2.09. The smallest absolute Gasteiger partial charge is 0.254 e. The van der Waals surface area contributed by atoms with Crippen molar-refractivity contribution < 1.29 is 9.18 Å². The number of hydrogen-bond donors (Lipinski definition) is 2. The van der Waals surface area contributed by atoms with Gasteiger partial charge in [0.1, 0.15) is 11.6 Å². The van der Waals surface area contributed by atoms with Gasteiger partial charge in [-0.1, -0.05) is 36.4 Å². The van der Waals surface area contributed by atoms with Crippen molar-refractivity contribution in [3.8, 4) is 11.1 Å². The summed E-state index contributed by atoms with van der Waals surface area (Å²) in [7, 11) is 0. The van der Waals surface area contributed by atoms with Crippen molar-refractivity contribution in [3.63, 3.8) is 0 Å². The van der Waals surface area contributed by atoms with Gasteiger partial charge in [0.2, 0.25) is 0 Å². The zero-order valence-electron chi connectivity index (χ0n) is 14.3. The number of nitrogens with one attached hydrogen (secondary N) is 1. The van der Waals surface area contributed by atoms with E-state index in [1.54, 1.807) is 18.3 Å². The minimum atomic E-state index is -0.582. The Hall–Kier alpha value is -2.73. The van der Waals surface area contributed by atoms with Crippen molar-refractivity contribution in [3.05, 3.63) is 82.2 Å². The largest absolute Gasteiger partial charge is 0.383 e. The van der Waals surface area contributed by atoms with Gasteiger partial charge in [0, 0.05) is 28.2 Å². The van der Waals surface area contributed by atoms with Gasteiger partial charge >= 0.3 is 0 Å². The molecule has 2 unspecified atom stereocenters. The molecule has 4 rings (SSSR count). The molecule has 0 saturated heterocycles. The summed E-state index contributed by atoms with van der Waals surface area (Å²) in [5.41, 5.74) is 8.28. The number of nitrogens with zero attached hydrogens (tertiary/aromatic N) is 1. The monoisotopic (exact) mass is 425 g/mol. The van der Waals surface area contributed by atoms with Crippen LogP contribution in [0.3, 0.4) is 0 Å². The Balaban J connectivity index is 1.50. The molecule has 2 aromatic carbocycles. The summed E-state index contributed by atoms with van der Waals surface area (Å²) in [5.74, 6) is -0.382. The minimum absolute atomic E-state index is 0.0268. The van der Waals surface area contributed by atoms with Gasteiger partial charge in [0.25, 0.3) is 5.91 Å². The molecule has 0 bridgehead atoms. The molecule has 27 heavy (non-hydrogen) atoms. The van der Waals surface area contributed by atoms with Crippen LogP contribution in [-0.2, 0) is 0 Å². The first-order valence-electron chi connectivity index (χ1n) is 8.59. The highest BCUT2D eigenvalue weighted by molar-refractivity contribution is 9.10. The predicted octanol–water partition coefficient (Wildman–Crippen LogP) is 4.52. The van der Waals surface area contributed by atoms with E-state index in [4.69, 9.17) is 5.73 Å². The molecular weight excluding hydrogens is 409 g/mol.